The van der Waals surface area contributed by atoms with Gasteiger partial charge in [0.1, 0.15) is 5.75 Å². The molecule has 1 aromatic heterocycles. The van der Waals surface area contributed by atoms with E-state index >= 15 is 0 Å². The Kier molecular flexibility index (Phi) is 4.80. The Hall–Kier alpha value is -2.21. The summed E-state index contributed by atoms with van der Waals surface area (Å²) in [4.78, 5) is 12.5. The third-order valence-corrected chi connectivity index (χ3v) is 4.57. The number of halogens is 4. The number of hydrogen-bond donors (Lipinski definition) is 0. The standard InChI is InChI=1S/C12H6BrF3N2O5S/c13-7-3-8(6-17-5-7)23-11-2-1-9(4-10(11)18(19)20)24(21,22)12(14,15)16/h1-6H. The van der Waals surface area contributed by atoms with E-state index < -0.39 is 36.6 Å². The minimum absolute atomic E-state index is 0.0684. The second kappa shape index (κ2) is 6.36. The molecule has 0 bridgehead atoms. The Morgan fingerprint density at radius 2 is 1.88 bits per heavy atom. The molecule has 0 unspecified atom stereocenters. The highest BCUT2D eigenvalue weighted by molar-refractivity contribution is 9.10. The first kappa shape index (κ1) is 18.1. The summed E-state index contributed by atoms with van der Waals surface area (Å²) in [6.45, 7) is 0. The predicted octanol–water partition coefficient (Wildman–Crippen LogP) is 3.84. The van der Waals surface area contributed by atoms with E-state index in [2.05, 4.69) is 20.9 Å². The maximum atomic E-state index is 12.5. The van der Waals surface area contributed by atoms with Gasteiger partial charge in [0.15, 0.2) is 0 Å². The summed E-state index contributed by atoms with van der Waals surface area (Å²) in [7, 11) is -5.71. The molecule has 24 heavy (non-hydrogen) atoms. The van der Waals surface area contributed by atoms with E-state index in [-0.39, 0.29) is 5.75 Å². The fourth-order valence-corrected chi connectivity index (χ4v) is 2.73. The topological polar surface area (TPSA) is 99.4 Å². The summed E-state index contributed by atoms with van der Waals surface area (Å²) in [6.07, 6.45) is 2.63. The molecule has 0 aliphatic rings. The van der Waals surface area contributed by atoms with Gasteiger partial charge < -0.3 is 4.74 Å². The largest absolute Gasteiger partial charge is 0.501 e. The number of rotatable bonds is 4. The second-order valence-corrected chi connectivity index (χ2v) is 7.13. The summed E-state index contributed by atoms with van der Waals surface area (Å²) in [5.74, 6) is -0.361. The van der Waals surface area contributed by atoms with Crippen LogP contribution < -0.4 is 4.74 Å². The minimum atomic E-state index is -5.71. The van der Waals surface area contributed by atoms with Crippen LogP contribution in [0.3, 0.4) is 0 Å². The molecule has 1 heterocycles. The highest BCUT2D eigenvalue weighted by Gasteiger charge is 2.47. The molecule has 0 spiro atoms. The Morgan fingerprint density at radius 3 is 2.42 bits per heavy atom. The molecule has 2 rings (SSSR count). The number of ether oxygens (including phenoxy) is 1. The van der Waals surface area contributed by atoms with Crippen molar-refractivity contribution in [1.29, 1.82) is 0 Å². The zero-order chi connectivity index (χ0) is 18.1. The molecule has 0 saturated carbocycles. The van der Waals surface area contributed by atoms with E-state index in [0.717, 1.165) is 6.07 Å². The average Bonchev–Trinajstić information content (AvgIpc) is 2.46. The van der Waals surface area contributed by atoms with Crippen LogP contribution in [0.2, 0.25) is 0 Å². The fraction of sp³-hybridized carbons (Fsp3) is 0.0833. The number of alkyl halides is 3. The number of pyridine rings is 1. The van der Waals surface area contributed by atoms with Crippen molar-refractivity contribution in [3.63, 3.8) is 0 Å². The van der Waals surface area contributed by atoms with Gasteiger partial charge in [0.05, 0.1) is 16.0 Å². The minimum Gasteiger partial charge on any atom is -0.448 e. The lowest BCUT2D eigenvalue weighted by Crippen LogP contribution is -2.23. The number of sulfone groups is 1. The third-order valence-electron chi connectivity index (χ3n) is 2.65. The van der Waals surface area contributed by atoms with Crippen molar-refractivity contribution in [2.75, 3.05) is 0 Å². The van der Waals surface area contributed by atoms with Gasteiger partial charge >= 0.3 is 11.2 Å². The van der Waals surface area contributed by atoms with Gasteiger partial charge in [-0.05, 0) is 34.1 Å². The van der Waals surface area contributed by atoms with Gasteiger partial charge in [-0.1, -0.05) is 0 Å². The van der Waals surface area contributed by atoms with Crippen LogP contribution in [0.25, 0.3) is 0 Å². The molecule has 0 aliphatic heterocycles. The monoisotopic (exact) mass is 426 g/mol. The molecule has 0 atom stereocenters. The molecule has 128 valence electrons. The van der Waals surface area contributed by atoms with Crippen molar-refractivity contribution in [3.05, 3.63) is 51.2 Å². The molecular weight excluding hydrogens is 421 g/mol. The summed E-state index contributed by atoms with van der Waals surface area (Å²) in [6, 6.07) is 3.06. The van der Waals surface area contributed by atoms with Gasteiger partial charge in [-0.3, -0.25) is 15.1 Å². The zero-order valence-electron chi connectivity index (χ0n) is 11.3. The van der Waals surface area contributed by atoms with Crippen LogP contribution in [0.1, 0.15) is 0 Å². The summed E-state index contributed by atoms with van der Waals surface area (Å²) in [5, 5.41) is 11.0. The maximum absolute atomic E-state index is 12.5. The fourth-order valence-electron chi connectivity index (χ4n) is 1.60. The van der Waals surface area contributed by atoms with Crippen molar-refractivity contribution in [2.24, 2.45) is 0 Å². The van der Waals surface area contributed by atoms with Crippen molar-refractivity contribution in [1.82, 2.24) is 4.98 Å². The Morgan fingerprint density at radius 1 is 1.21 bits per heavy atom. The van der Waals surface area contributed by atoms with E-state index in [4.69, 9.17) is 4.74 Å². The van der Waals surface area contributed by atoms with Crippen LogP contribution >= 0.6 is 15.9 Å². The van der Waals surface area contributed by atoms with Gasteiger partial charge in [0.25, 0.3) is 9.84 Å². The Balaban J connectivity index is 2.51. The van der Waals surface area contributed by atoms with Gasteiger partial charge in [-0.15, -0.1) is 0 Å². The first-order valence-corrected chi connectivity index (χ1v) is 8.18. The van der Waals surface area contributed by atoms with Gasteiger partial charge in [-0.25, -0.2) is 8.42 Å². The number of nitro groups is 1. The SMILES string of the molecule is O=[N+]([O-])c1cc(S(=O)(=O)C(F)(F)F)ccc1Oc1cncc(Br)c1. The molecule has 0 fully saturated rings. The average molecular weight is 427 g/mol. The molecule has 0 aliphatic carbocycles. The number of aromatic nitrogens is 1. The smallest absolute Gasteiger partial charge is 0.448 e. The van der Waals surface area contributed by atoms with E-state index in [1.165, 1.54) is 18.5 Å². The summed E-state index contributed by atoms with van der Waals surface area (Å²) < 4.78 is 66.0. The van der Waals surface area contributed by atoms with Crippen LogP contribution in [0.4, 0.5) is 18.9 Å². The predicted molar refractivity (Wildman–Crippen MR) is 78.3 cm³/mol. The van der Waals surface area contributed by atoms with Crippen LogP contribution in [0, 0.1) is 10.1 Å². The molecule has 0 N–H and O–H groups in total. The zero-order valence-corrected chi connectivity index (χ0v) is 13.7. The van der Waals surface area contributed by atoms with E-state index in [1.54, 1.807) is 0 Å². The lowest BCUT2D eigenvalue weighted by atomic mass is 10.3. The van der Waals surface area contributed by atoms with Gasteiger partial charge in [-0.2, -0.15) is 13.2 Å². The van der Waals surface area contributed by atoms with Crippen LogP contribution in [-0.2, 0) is 9.84 Å². The first-order valence-electron chi connectivity index (χ1n) is 5.90. The van der Waals surface area contributed by atoms with E-state index in [0.29, 0.717) is 16.6 Å². The molecule has 0 amide bonds. The van der Waals surface area contributed by atoms with E-state index in [1.807, 2.05) is 0 Å². The molecule has 2 aromatic rings. The van der Waals surface area contributed by atoms with Crippen molar-refractivity contribution in [2.45, 2.75) is 10.4 Å². The maximum Gasteiger partial charge on any atom is 0.501 e. The number of nitrogens with zero attached hydrogens (tertiary/aromatic N) is 2. The highest BCUT2D eigenvalue weighted by atomic mass is 79.9. The van der Waals surface area contributed by atoms with E-state index in [9.17, 15) is 31.7 Å². The second-order valence-electron chi connectivity index (χ2n) is 4.28. The molecule has 1 aromatic carbocycles. The van der Waals surface area contributed by atoms with Crippen molar-refractivity contribution >= 4 is 31.5 Å². The quantitative estimate of drug-likeness (QED) is 0.543. The number of benzene rings is 1. The van der Waals surface area contributed by atoms with Crippen LogP contribution in [0.5, 0.6) is 11.5 Å². The molecule has 12 heteroatoms. The normalized spacial score (nSPS) is 12.0. The molecule has 0 saturated heterocycles. The number of hydrogen-bond acceptors (Lipinski definition) is 6. The molecule has 7 nitrogen and oxygen atoms in total. The van der Waals surface area contributed by atoms with Crippen molar-refractivity contribution < 1.29 is 31.2 Å². The molecule has 0 radical (unpaired) electrons. The molecular formula is C12H6BrF3N2O5S. The van der Waals surface area contributed by atoms with Crippen molar-refractivity contribution in [3.8, 4) is 11.5 Å². The summed E-state index contributed by atoms with van der Waals surface area (Å²) >= 11 is 3.10. The summed E-state index contributed by atoms with van der Waals surface area (Å²) in [5.41, 5.74) is -6.50. The lowest BCUT2D eigenvalue weighted by Gasteiger charge is -2.10. The first-order chi connectivity index (χ1) is 11.0. The van der Waals surface area contributed by atoms with Gasteiger partial charge in [0.2, 0.25) is 5.75 Å². The highest BCUT2D eigenvalue weighted by Crippen LogP contribution is 2.37. The lowest BCUT2D eigenvalue weighted by molar-refractivity contribution is -0.385. The number of nitro benzene ring substituents is 1. The third kappa shape index (κ3) is 3.64. The van der Waals surface area contributed by atoms with Crippen LogP contribution in [0.15, 0.2) is 46.0 Å². The van der Waals surface area contributed by atoms with Gasteiger partial charge in [0, 0.05) is 16.7 Å². The Bertz CT molecular complexity index is 902. The van der Waals surface area contributed by atoms with Crippen LogP contribution in [-0.4, -0.2) is 23.8 Å². The Labute approximate surface area is 141 Å².